The first-order chi connectivity index (χ1) is 16.9. The topological polar surface area (TPSA) is 103 Å². The second kappa shape index (κ2) is 9.25. The van der Waals surface area contributed by atoms with Crippen LogP contribution in [0.1, 0.15) is 87.4 Å². The molecule has 3 N–H and O–H groups in total. The van der Waals surface area contributed by atoms with Crippen molar-refractivity contribution in [2.24, 2.45) is 17.8 Å². The third kappa shape index (κ3) is 4.57. The lowest BCUT2D eigenvalue weighted by molar-refractivity contribution is -0.138. The summed E-state index contributed by atoms with van der Waals surface area (Å²) in [4.78, 5) is 32.2. The van der Waals surface area contributed by atoms with Gasteiger partial charge in [-0.1, -0.05) is 19.3 Å². The maximum Gasteiger partial charge on any atom is 0.326 e. The van der Waals surface area contributed by atoms with Gasteiger partial charge in [0.2, 0.25) is 0 Å². The first kappa shape index (κ1) is 23.6. The van der Waals surface area contributed by atoms with Gasteiger partial charge in [0.05, 0.1) is 11.2 Å². The van der Waals surface area contributed by atoms with Crippen LogP contribution in [0.3, 0.4) is 0 Å². The highest BCUT2D eigenvalue weighted by molar-refractivity contribution is 7.99. The summed E-state index contributed by atoms with van der Waals surface area (Å²) in [5, 5.41) is 25.1. The molecule has 3 atom stereocenters. The standard InChI is InChI=1S/C27H37N3O4S/c31-24(29-23-17-11-16-12-18(23)15-27(34,13-16)14-17)20-8-9-22(30-10-4-7-21(30)26(32)33)28-25(20)35-19-5-2-1-3-6-19/h8-9,16-19,21,23,34H,1-7,10-15H2,(H,29,31)(H,32,33)/t16?,17?,18?,21-,23?,27?/m0/s1. The van der Waals surface area contributed by atoms with E-state index in [0.29, 0.717) is 47.4 Å². The van der Waals surface area contributed by atoms with Crippen LogP contribution in [0.15, 0.2) is 17.2 Å². The molecule has 1 aliphatic heterocycles. The number of thioether (sulfide) groups is 1. The Morgan fingerprint density at radius 2 is 1.77 bits per heavy atom. The van der Waals surface area contributed by atoms with Crippen LogP contribution < -0.4 is 10.2 Å². The number of carbonyl (C=O) groups is 2. The molecule has 190 valence electrons. The number of hydrogen-bond donors (Lipinski definition) is 3. The van der Waals surface area contributed by atoms with Crippen LogP contribution in [0, 0.1) is 17.8 Å². The monoisotopic (exact) mass is 499 g/mol. The Hall–Kier alpha value is -1.80. The summed E-state index contributed by atoms with van der Waals surface area (Å²) in [6, 6.07) is 3.28. The molecule has 1 amide bonds. The highest BCUT2D eigenvalue weighted by Crippen LogP contribution is 2.55. The van der Waals surface area contributed by atoms with Crippen molar-refractivity contribution in [2.75, 3.05) is 11.4 Å². The first-order valence-corrected chi connectivity index (χ1v) is 14.5. The number of pyridine rings is 1. The van der Waals surface area contributed by atoms with Gasteiger partial charge in [0, 0.05) is 17.8 Å². The zero-order chi connectivity index (χ0) is 24.2. The number of carboxylic acid groups (broad SMARTS) is 1. The fraction of sp³-hybridized carbons (Fsp3) is 0.741. The molecule has 1 aromatic heterocycles. The zero-order valence-electron chi connectivity index (χ0n) is 20.3. The summed E-state index contributed by atoms with van der Waals surface area (Å²) >= 11 is 1.71. The number of aliphatic hydroxyl groups is 1. The number of aromatic nitrogens is 1. The third-order valence-corrected chi connectivity index (χ3v) is 10.6. The van der Waals surface area contributed by atoms with Gasteiger partial charge >= 0.3 is 5.97 Å². The van der Waals surface area contributed by atoms with Crippen LogP contribution in [-0.4, -0.2) is 56.6 Å². The number of hydrogen-bond acceptors (Lipinski definition) is 6. The highest BCUT2D eigenvalue weighted by atomic mass is 32.2. The zero-order valence-corrected chi connectivity index (χ0v) is 21.1. The Labute approximate surface area is 211 Å². The molecule has 6 aliphatic rings. The summed E-state index contributed by atoms with van der Waals surface area (Å²) in [5.74, 6) is 1.11. The van der Waals surface area contributed by atoms with Crippen molar-refractivity contribution < 1.29 is 19.8 Å². The fourth-order valence-electron chi connectivity index (χ4n) is 7.94. The maximum absolute atomic E-state index is 13.6. The first-order valence-electron chi connectivity index (χ1n) is 13.6. The van der Waals surface area contributed by atoms with Crippen molar-refractivity contribution in [3.63, 3.8) is 0 Å². The minimum Gasteiger partial charge on any atom is -0.480 e. The largest absolute Gasteiger partial charge is 0.480 e. The number of carboxylic acids is 1. The van der Waals surface area contributed by atoms with E-state index in [2.05, 4.69) is 5.32 Å². The van der Waals surface area contributed by atoms with Crippen molar-refractivity contribution >= 4 is 29.5 Å². The Balaban J connectivity index is 1.25. The molecule has 2 heterocycles. The summed E-state index contributed by atoms with van der Waals surface area (Å²) in [6.07, 6.45) is 12.2. The lowest BCUT2D eigenvalue weighted by atomic mass is 9.52. The number of nitrogens with zero attached hydrogens (tertiary/aromatic N) is 2. The molecule has 0 aromatic carbocycles. The predicted octanol–water partition coefficient (Wildman–Crippen LogP) is 4.23. The maximum atomic E-state index is 13.6. The fourth-order valence-corrected chi connectivity index (χ4v) is 9.26. The van der Waals surface area contributed by atoms with Gasteiger partial charge in [-0.25, -0.2) is 9.78 Å². The van der Waals surface area contributed by atoms with Gasteiger partial charge < -0.3 is 20.4 Å². The summed E-state index contributed by atoms with van der Waals surface area (Å²) in [5.41, 5.74) is 0.0993. The number of amides is 1. The molecule has 0 spiro atoms. The Bertz CT molecular complexity index is 981. The average molecular weight is 500 g/mol. The lowest BCUT2D eigenvalue weighted by Crippen LogP contribution is -2.61. The van der Waals surface area contributed by atoms with Crippen molar-refractivity contribution in [1.29, 1.82) is 0 Å². The van der Waals surface area contributed by atoms with Gasteiger partial charge in [-0.3, -0.25) is 4.79 Å². The average Bonchev–Trinajstić information content (AvgIpc) is 3.31. The van der Waals surface area contributed by atoms with Crippen LogP contribution in [0.4, 0.5) is 5.82 Å². The van der Waals surface area contributed by atoms with Gasteiger partial charge in [0.1, 0.15) is 16.9 Å². The van der Waals surface area contributed by atoms with Gasteiger partial charge in [-0.2, -0.15) is 0 Å². The van der Waals surface area contributed by atoms with Gasteiger partial charge in [-0.15, -0.1) is 11.8 Å². The van der Waals surface area contributed by atoms with Crippen molar-refractivity contribution in [2.45, 2.75) is 105 Å². The Kier molecular flexibility index (Phi) is 6.24. The second-order valence-corrected chi connectivity index (χ2v) is 13.1. The normalized spacial score (nSPS) is 36.5. The van der Waals surface area contributed by atoms with Crippen molar-refractivity contribution in [3.05, 3.63) is 17.7 Å². The molecular weight excluding hydrogens is 462 g/mol. The lowest BCUT2D eigenvalue weighted by Gasteiger charge is -2.58. The van der Waals surface area contributed by atoms with Crippen LogP contribution in [0.5, 0.6) is 0 Å². The van der Waals surface area contributed by atoms with E-state index in [1.807, 2.05) is 17.0 Å². The van der Waals surface area contributed by atoms with E-state index in [4.69, 9.17) is 4.98 Å². The second-order valence-electron chi connectivity index (χ2n) is 11.8. The molecule has 7 rings (SSSR count). The summed E-state index contributed by atoms with van der Waals surface area (Å²) in [7, 11) is 0. The van der Waals surface area contributed by atoms with Crippen LogP contribution in [-0.2, 0) is 4.79 Å². The number of nitrogens with one attached hydrogen (secondary N) is 1. The third-order valence-electron chi connectivity index (χ3n) is 9.29. The molecule has 6 fully saturated rings. The minimum atomic E-state index is -0.809. The Morgan fingerprint density at radius 1 is 1.03 bits per heavy atom. The van der Waals surface area contributed by atoms with Crippen LogP contribution in [0.25, 0.3) is 0 Å². The number of carbonyl (C=O) groups excluding carboxylic acids is 1. The van der Waals surface area contributed by atoms with Gasteiger partial charge in [-0.05, 0) is 87.7 Å². The van der Waals surface area contributed by atoms with Crippen molar-refractivity contribution in [1.82, 2.24) is 10.3 Å². The van der Waals surface area contributed by atoms with E-state index in [0.717, 1.165) is 56.4 Å². The van der Waals surface area contributed by atoms with Gasteiger partial charge in [0.15, 0.2) is 0 Å². The number of rotatable bonds is 6. The molecule has 7 nitrogen and oxygen atoms in total. The highest BCUT2D eigenvalue weighted by Gasteiger charge is 2.55. The summed E-state index contributed by atoms with van der Waals surface area (Å²) < 4.78 is 0. The van der Waals surface area contributed by atoms with Crippen LogP contribution in [0.2, 0.25) is 0 Å². The SMILES string of the molecule is O=C(NC1C2CC3CC1CC(O)(C3)C2)c1ccc(N2CCC[C@H]2C(=O)O)nc1SC1CCCCC1. The molecule has 0 radical (unpaired) electrons. The van der Waals surface area contributed by atoms with E-state index in [9.17, 15) is 19.8 Å². The molecule has 35 heavy (non-hydrogen) atoms. The summed E-state index contributed by atoms with van der Waals surface area (Å²) in [6.45, 7) is 0.679. The molecule has 1 saturated heterocycles. The van der Waals surface area contributed by atoms with Crippen LogP contribution >= 0.6 is 11.8 Å². The number of anilines is 1. The van der Waals surface area contributed by atoms with E-state index in [1.54, 1.807) is 11.8 Å². The van der Waals surface area contributed by atoms with Crippen molar-refractivity contribution in [3.8, 4) is 0 Å². The molecule has 4 bridgehead atoms. The minimum absolute atomic E-state index is 0.0666. The molecule has 5 aliphatic carbocycles. The predicted molar refractivity (Wildman–Crippen MR) is 135 cm³/mol. The quantitative estimate of drug-likeness (QED) is 0.538. The molecular formula is C27H37N3O4S. The molecule has 8 heteroatoms. The van der Waals surface area contributed by atoms with E-state index in [-0.39, 0.29) is 11.9 Å². The van der Waals surface area contributed by atoms with E-state index in [1.165, 1.54) is 19.3 Å². The molecule has 1 aromatic rings. The van der Waals surface area contributed by atoms with E-state index >= 15 is 0 Å². The number of aliphatic carboxylic acids is 1. The van der Waals surface area contributed by atoms with E-state index < -0.39 is 17.6 Å². The smallest absolute Gasteiger partial charge is 0.326 e. The molecule has 2 unspecified atom stereocenters. The molecule has 5 saturated carbocycles. The Morgan fingerprint density at radius 3 is 2.46 bits per heavy atom. The van der Waals surface area contributed by atoms with Gasteiger partial charge in [0.25, 0.3) is 5.91 Å².